The van der Waals surface area contributed by atoms with Gasteiger partial charge in [0.05, 0.1) is 6.10 Å². The molecule has 0 spiro atoms. The van der Waals surface area contributed by atoms with Gasteiger partial charge in [0.2, 0.25) is 11.9 Å². The van der Waals surface area contributed by atoms with Gasteiger partial charge in [0, 0.05) is 13.1 Å². The Balaban J connectivity index is 2.77. The molecule has 6 heteroatoms. The number of ether oxygens (including phenoxy) is 1. The van der Waals surface area contributed by atoms with E-state index in [0.29, 0.717) is 29.9 Å². The summed E-state index contributed by atoms with van der Waals surface area (Å²) in [7, 11) is 1.78. The topological polar surface area (TPSA) is 72.0 Å². The minimum absolute atomic E-state index is 0.0347. The largest absolute Gasteiger partial charge is 0.461 e. The Bertz CT molecular complexity index is 411. The number of anilines is 2. The Morgan fingerprint density at radius 3 is 2.25 bits per heavy atom. The van der Waals surface area contributed by atoms with Crippen LogP contribution in [0.3, 0.4) is 0 Å². The van der Waals surface area contributed by atoms with Gasteiger partial charge in [0.25, 0.3) is 0 Å². The van der Waals surface area contributed by atoms with E-state index < -0.39 is 0 Å². The van der Waals surface area contributed by atoms with E-state index in [1.54, 1.807) is 7.05 Å². The van der Waals surface area contributed by atoms with Crippen molar-refractivity contribution in [2.24, 2.45) is 5.92 Å². The van der Waals surface area contributed by atoms with Crippen LogP contribution in [0.25, 0.3) is 0 Å². The maximum absolute atomic E-state index is 5.54. The predicted octanol–water partition coefficient (Wildman–Crippen LogP) is 2.94. The molecule has 2 atom stereocenters. The first kappa shape index (κ1) is 16.5. The Kier molecular flexibility index (Phi) is 6.48. The fraction of sp³-hybridized carbons (Fsp3) is 0.786. The van der Waals surface area contributed by atoms with Gasteiger partial charge in [-0.3, -0.25) is 0 Å². The van der Waals surface area contributed by atoms with Crippen LogP contribution in [-0.2, 0) is 0 Å². The molecule has 2 N–H and O–H groups in total. The van der Waals surface area contributed by atoms with Gasteiger partial charge in [-0.05, 0) is 33.1 Å². The summed E-state index contributed by atoms with van der Waals surface area (Å²) in [5, 5.41) is 6.24. The molecule has 114 valence electrons. The molecule has 6 nitrogen and oxygen atoms in total. The highest BCUT2D eigenvalue weighted by Crippen LogP contribution is 2.16. The lowest BCUT2D eigenvalue weighted by molar-refractivity contribution is 0.222. The van der Waals surface area contributed by atoms with E-state index in [1.165, 1.54) is 6.42 Å². The molecule has 0 aliphatic heterocycles. The Hall–Kier alpha value is -1.59. The van der Waals surface area contributed by atoms with Crippen molar-refractivity contribution < 1.29 is 4.74 Å². The minimum Gasteiger partial charge on any atom is -0.461 e. The molecule has 1 heterocycles. The summed E-state index contributed by atoms with van der Waals surface area (Å²) in [6, 6.07) is 0.654. The fourth-order valence-electron chi connectivity index (χ4n) is 1.85. The lowest BCUT2D eigenvalue weighted by Gasteiger charge is -2.18. The fourth-order valence-corrected chi connectivity index (χ4v) is 1.85. The number of aromatic nitrogens is 3. The van der Waals surface area contributed by atoms with Gasteiger partial charge in [-0.2, -0.15) is 15.0 Å². The normalized spacial score (nSPS) is 13.9. The summed E-state index contributed by atoms with van der Waals surface area (Å²) in [6.07, 6.45) is 2.29. The molecular weight excluding hydrogens is 254 g/mol. The van der Waals surface area contributed by atoms with Crippen LogP contribution in [-0.4, -0.2) is 34.1 Å². The summed E-state index contributed by atoms with van der Waals surface area (Å²) in [4.78, 5) is 12.8. The van der Waals surface area contributed by atoms with Crippen LogP contribution in [0.4, 0.5) is 11.9 Å². The second-order valence-corrected chi connectivity index (χ2v) is 5.48. The summed E-state index contributed by atoms with van der Waals surface area (Å²) in [5.74, 6) is 1.74. The van der Waals surface area contributed by atoms with Gasteiger partial charge < -0.3 is 15.4 Å². The van der Waals surface area contributed by atoms with E-state index >= 15 is 0 Å². The van der Waals surface area contributed by atoms with E-state index in [0.717, 1.165) is 6.42 Å². The van der Waals surface area contributed by atoms with Gasteiger partial charge in [-0.15, -0.1) is 0 Å². The molecule has 0 bridgehead atoms. The zero-order valence-corrected chi connectivity index (χ0v) is 13.4. The summed E-state index contributed by atoms with van der Waals surface area (Å²) in [6.45, 7) is 10.5. The molecule has 0 aromatic carbocycles. The first-order chi connectivity index (χ1) is 9.44. The molecule has 0 amide bonds. The molecular formula is C14H27N5O. The molecule has 0 radical (unpaired) electrons. The van der Waals surface area contributed by atoms with Crippen molar-refractivity contribution in [2.75, 3.05) is 17.7 Å². The van der Waals surface area contributed by atoms with Crippen molar-refractivity contribution in [3.05, 3.63) is 0 Å². The number of hydrogen-bond acceptors (Lipinski definition) is 6. The van der Waals surface area contributed by atoms with Crippen LogP contribution in [0.5, 0.6) is 6.01 Å². The number of rotatable bonds is 8. The molecule has 1 aromatic heterocycles. The minimum atomic E-state index is 0.0347. The van der Waals surface area contributed by atoms with Crippen LogP contribution >= 0.6 is 0 Å². The smallest absolute Gasteiger partial charge is 0.323 e. The highest BCUT2D eigenvalue weighted by Gasteiger charge is 2.12. The van der Waals surface area contributed by atoms with Crippen molar-refractivity contribution in [1.29, 1.82) is 0 Å². The van der Waals surface area contributed by atoms with Crippen molar-refractivity contribution in [1.82, 2.24) is 15.0 Å². The second kappa shape index (κ2) is 7.87. The quantitative estimate of drug-likeness (QED) is 0.763. The summed E-state index contributed by atoms with van der Waals surface area (Å²) < 4.78 is 5.54. The lowest BCUT2D eigenvalue weighted by atomic mass is 10.0. The summed E-state index contributed by atoms with van der Waals surface area (Å²) >= 11 is 0. The molecule has 2 unspecified atom stereocenters. The lowest BCUT2D eigenvalue weighted by Crippen LogP contribution is -2.21. The third-order valence-electron chi connectivity index (χ3n) is 3.01. The highest BCUT2D eigenvalue weighted by molar-refractivity contribution is 5.36. The van der Waals surface area contributed by atoms with E-state index in [4.69, 9.17) is 4.74 Å². The van der Waals surface area contributed by atoms with Crippen molar-refractivity contribution in [2.45, 2.75) is 59.6 Å². The van der Waals surface area contributed by atoms with Crippen LogP contribution < -0.4 is 15.4 Å². The number of nitrogens with zero attached hydrogens (tertiary/aromatic N) is 3. The SMILES string of the molecule is CCC(C)CC(C)Nc1nc(NC)nc(OC(C)C)n1. The second-order valence-electron chi connectivity index (χ2n) is 5.48. The predicted molar refractivity (Wildman–Crippen MR) is 82.3 cm³/mol. The first-order valence-corrected chi connectivity index (χ1v) is 7.31. The van der Waals surface area contributed by atoms with Crippen LogP contribution in [0.15, 0.2) is 0 Å². The van der Waals surface area contributed by atoms with Crippen molar-refractivity contribution in [3.8, 4) is 6.01 Å². The van der Waals surface area contributed by atoms with Crippen LogP contribution in [0.2, 0.25) is 0 Å². The third-order valence-corrected chi connectivity index (χ3v) is 3.01. The van der Waals surface area contributed by atoms with E-state index in [1.807, 2.05) is 13.8 Å². The van der Waals surface area contributed by atoms with Gasteiger partial charge >= 0.3 is 6.01 Å². The third kappa shape index (κ3) is 5.59. The standard InChI is InChI=1S/C14H27N5O/c1-7-10(4)8-11(5)16-13-17-12(15-6)18-14(19-13)20-9(2)3/h9-11H,7-8H2,1-6H3,(H2,15,16,17,18,19). The first-order valence-electron chi connectivity index (χ1n) is 7.31. The van der Waals surface area contributed by atoms with Gasteiger partial charge in [-0.1, -0.05) is 20.3 Å². The maximum Gasteiger partial charge on any atom is 0.323 e. The molecule has 0 saturated heterocycles. The van der Waals surface area contributed by atoms with E-state index in [2.05, 4.69) is 46.4 Å². The zero-order chi connectivity index (χ0) is 15.1. The van der Waals surface area contributed by atoms with Crippen molar-refractivity contribution >= 4 is 11.9 Å². The van der Waals surface area contributed by atoms with Gasteiger partial charge in [-0.25, -0.2) is 0 Å². The van der Waals surface area contributed by atoms with Crippen LogP contribution in [0.1, 0.15) is 47.5 Å². The zero-order valence-electron chi connectivity index (χ0n) is 13.4. The Labute approximate surface area is 121 Å². The average molecular weight is 281 g/mol. The Morgan fingerprint density at radius 2 is 1.70 bits per heavy atom. The van der Waals surface area contributed by atoms with Crippen molar-refractivity contribution in [3.63, 3.8) is 0 Å². The van der Waals surface area contributed by atoms with Crippen LogP contribution in [0, 0.1) is 5.92 Å². The molecule has 0 saturated carbocycles. The maximum atomic E-state index is 5.54. The van der Waals surface area contributed by atoms with Gasteiger partial charge in [0.15, 0.2) is 0 Å². The van der Waals surface area contributed by atoms with E-state index in [-0.39, 0.29) is 6.10 Å². The Morgan fingerprint density at radius 1 is 1.05 bits per heavy atom. The number of hydrogen-bond donors (Lipinski definition) is 2. The highest BCUT2D eigenvalue weighted by atomic mass is 16.5. The van der Waals surface area contributed by atoms with Gasteiger partial charge in [0.1, 0.15) is 0 Å². The average Bonchev–Trinajstić information content (AvgIpc) is 2.37. The molecule has 20 heavy (non-hydrogen) atoms. The summed E-state index contributed by atoms with van der Waals surface area (Å²) in [5.41, 5.74) is 0. The molecule has 1 aromatic rings. The molecule has 0 fully saturated rings. The van der Waals surface area contributed by atoms with E-state index in [9.17, 15) is 0 Å². The monoisotopic (exact) mass is 281 g/mol. The molecule has 0 aliphatic carbocycles. The molecule has 0 aliphatic rings. The molecule has 1 rings (SSSR count). The number of nitrogens with one attached hydrogen (secondary N) is 2.